The number of ether oxygens (including phenoxy) is 2. The Labute approximate surface area is 146 Å². The summed E-state index contributed by atoms with van der Waals surface area (Å²) in [6.07, 6.45) is 0. The molecule has 0 bridgehead atoms. The zero-order valence-corrected chi connectivity index (χ0v) is 14.7. The van der Waals surface area contributed by atoms with Gasteiger partial charge in [0.15, 0.2) is 11.6 Å². The molecular formula is C18H18FNO4S. The van der Waals surface area contributed by atoms with E-state index < -0.39 is 15.8 Å². The molecule has 132 valence electrons. The summed E-state index contributed by atoms with van der Waals surface area (Å²) in [6, 6.07) is 10.6. The van der Waals surface area contributed by atoms with Crippen molar-refractivity contribution in [2.24, 2.45) is 0 Å². The van der Waals surface area contributed by atoms with Gasteiger partial charge in [-0.3, -0.25) is 0 Å². The number of methoxy groups -OCH3 is 1. The molecule has 2 aromatic carbocycles. The number of benzene rings is 2. The monoisotopic (exact) mass is 363 g/mol. The molecule has 1 N–H and O–H groups in total. The smallest absolute Gasteiger partial charge is 0.241 e. The second-order valence-electron chi connectivity index (χ2n) is 5.03. The summed E-state index contributed by atoms with van der Waals surface area (Å²) in [5.74, 6) is 5.50. The summed E-state index contributed by atoms with van der Waals surface area (Å²) >= 11 is 0. The van der Waals surface area contributed by atoms with Crippen molar-refractivity contribution in [3.8, 4) is 23.3 Å². The highest BCUT2D eigenvalue weighted by Crippen LogP contribution is 2.21. The topological polar surface area (TPSA) is 64.6 Å². The lowest BCUT2D eigenvalue weighted by molar-refractivity contribution is 0.348. The second kappa shape index (κ2) is 8.51. The maximum atomic E-state index is 13.3. The van der Waals surface area contributed by atoms with Gasteiger partial charge in [0.25, 0.3) is 0 Å². The van der Waals surface area contributed by atoms with E-state index in [2.05, 4.69) is 16.6 Å². The van der Waals surface area contributed by atoms with E-state index in [0.29, 0.717) is 5.75 Å². The molecule has 0 fully saturated rings. The highest BCUT2D eigenvalue weighted by Gasteiger charge is 2.14. The molecular weight excluding hydrogens is 345 g/mol. The Balaban J connectivity index is 1.89. The fraction of sp³-hybridized carbons (Fsp3) is 0.222. The van der Waals surface area contributed by atoms with Crippen molar-refractivity contribution >= 4 is 10.0 Å². The van der Waals surface area contributed by atoms with Crippen molar-refractivity contribution in [3.05, 3.63) is 53.8 Å². The first-order chi connectivity index (χ1) is 11.9. The number of nitrogens with one attached hydrogen (secondary N) is 1. The van der Waals surface area contributed by atoms with E-state index in [1.807, 2.05) is 0 Å². The molecule has 0 aliphatic heterocycles. The molecule has 0 heterocycles. The fourth-order valence-electron chi connectivity index (χ4n) is 2.02. The molecule has 0 aromatic heterocycles. The number of sulfonamides is 1. The summed E-state index contributed by atoms with van der Waals surface area (Å²) in [5.41, 5.74) is 0.717. The number of para-hydroxylation sites is 1. The highest BCUT2D eigenvalue weighted by atomic mass is 32.2. The Morgan fingerprint density at radius 1 is 1.12 bits per heavy atom. The van der Waals surface area contributed by atoms with Crippen LogP contribution in [0, 0.1) is 24.6 Å². The molecule has 0 saturated heterocycles. The van der Waals surface area contributed by atoms with Crippen LogP contribution in [-0.4, -0.2) is 28.7 Å². The van der Waals surface area contributed by atoms with Crippen LogP contribution in [0.2, 0.25) is 0 Å². The van der Waals surface area contributed by atoms with E-state index in [0.717, 1.165) is 5.56 Å². The summed E-state index contributed by atoms with van der Waals surface area (Å²) < 4.78 is 50.3. The van der Waals surface area contributed by atoms with Crippen LogP contribution in [-0.2, 0) is 10.0 Å². The lowest BCUT2D eigenvalue weighted by Gasteiger charge is -2.08. The molecule has 0 radical (unpaired) electrons. The van der Waals surface area contributed by atoms with Crippen LogP contribution in [0.5, 0.6) is 11.5 Å². The molecule has 0 aliphatic carbocycles. The van der Waals surface area contributed by atoms with Gasteiger partial charge in [-0.15, -0.1) is 0 Å². The van der Waals surface area contributed by atoms with E-state index in [-0.39, 0.29) is 23.8 Å². The minimum absolute atomic E-state index is 0.0374. The Bertz CT molecular complexity index is 901. The van der Waals surface area contributed by atoms with Gasteiger partial charge in [-0.2, -0.15) is 4.72 Å². The first-order valence-electron chi connectivity index (χ1n) is 7.41. The summed E-state index contributed by atoms with van der Waals surface area (Å²) in [6.45, 7) is 1.65. The van der Waals surface area contributed by atoms with Crippen LogP contribution >= 0.6 is 0 Å². The number of aryl methyl sites for hydroxylation is 1. The van der Waals surface area contributed by atoms with Crippen LogP contribution < -0.4 is 14.2 Å². The predicted octanol–water partition coefficient (Wildman–Crippen LogP) is 2.50. The molecule has 25 heavy (non-hydrogen) atoms. The van der Waals surface area contributed by atoms with Crippen molar-refractivity contribution in [3.63, 3.8) is 0 Å². The van der Waals surface area contributed by atoms with Gasteiger partial charge >= 0.3 is 0 Å². The average Bonchev–Trinajstić information content (AvgIpc) is 2.59. The van der Waals surface area contributed by atoms with Gasteiger partial charge in [0.2, 0.25) is 10.0 Å². The fourth-order valence-corrected chi connectivity index (χ4v) is 3.03. The van der Waals surface area contributed by atoms with Crippen molar-refractivity contribution in [1.82, 2.24) is 4.72 Å². The van der Waals surface area contributed by atoms with E-state index in [4.69, 9.17) is 9.47 Å². The van der Waals surface area contributed by atoms with Gasteiger partial charge in [0.05, 0.1) is 18.6 Å². The lowest BCUT2D eigenvalue weighted by atomic mass is 10.2. The van der Waals surface area contributed by atoms with Gasteiger partial charge in [-0.05, 0) is 42.8 Å². The van der Waals surface area contributed by atoms with Crippen LogP contribution in [0.4, 0.5) is 4.39 Å². The molecule has 0 amide bonds. The van der Waals surface area contributed by atoms with Gasteiger partial charge in [0.1, 0.15) is 12.4 Å². The third-order valence-electron chi connectivity index (χ3n) is 3.29. The second-order valence-corrected chi connectivity index (χ2v) is 6.80. The van der Waals surface area contributed by atoms with Crippen molar-refractivity contribution in [2.45, 2.75) is 11.8 Å². The van der Waals surface area contributed by atoms with Crippen molar-refractivity contribution in [2.75, 3.05) is 20.3 Å². The molecule has 2 rings (SSSR count). The normalized spacial score (nSPS) is 10.7. The van der Waals surface area contributed by atoms with Crippen LogP contribution in [0.3, 0.4) is 0 Å². The number of hydrogen-bond acceptors (Lipinski definition) is 4. The molecule has 7 heteroatoms. The molecule has 0 atom stereocenters. The van der Waals surface area contributed by atoms with Crippen LogP contribution in [0.25, 0.3) is 0 Å². The van der Waals surface area contributed by atoms with E-state index in [1.165, 1.54) is 31.4 Å². The predicted molar refractivity (Wildman–Crippen MR) is 92.6 cm³/mol. The summed E-state index contributed by atoms with van der Waals surface area (Å²) in [4.78, 5) is 0.134. The van der Waals surface area contributed by atoms with Crippen LogP contribution in [0.15, 0.2) is 47.4 Å². The Hall–Kier alpha value is -2.56. The first kappa shape index (κ1) is 18.8. The third kappa shape index (κ3) is 5.21. The standard InChI is InChI=1S/C18H18FNO4S/c1-14-13-15(9-10-17(14)23-2)25(21,22)20-11-5-6-12-24-18-8-4-3-7-16(18)19/h3-4,7-10,13,20H,11-12H2,1-2H3. The van der Waals surface area contributed by atoms with E-state index >= 15 is 0 Å². The molecule has 5 nitrogen and oxygen atoms in total. The average molecular weight is 363 g/mol. The maximum Gasteiger partial charge on any atom is 0.241 e. The number of halogens is 1. The minimum Gasteiger partial charge on any atom is -0.496 e. The Kier molecular flexibility index (Phi) is 6.39. The maximum absolute atomic E-state index is 13.3. The van der Waals surface area contributed by atoms with Crippen molar-refractivity contribution in [1.29, 1.82) is 0 Å². The minimum atomic E-state index is -3.66. The quantitative estimate of drug-likeness (QED) is 0.801. The number of hydrogen-bond donors (Lipinski definition) is 1. The largest absolute Gasteiger partial charge is 0.496 e. The van der Waals surface area contributed by atoms with Gasteiger partial charge < -0.3 is 9.47 Å². The zero-order valence-electron chi connectivity index (χ0n) is 13.9. The SMILES string of the molecule is COc1ccc(S(=O)(=O)NCC#CCOc2ccccc2F)cc1C. The highest BCUT2D eigenvalue weighted by molar-refractivity contribution is 7.89. The van der Waals surface area contributed by atoms with E-state index in [1.54, 1.807) is 25.1 Å². The molecule has 0 saturated carbocycles. The zero-order chi connectivity index (χ0) is 18.3. The Morgan fingerprint density at radius 2 is 1.88 bits per heavy atom. The van der Waals surface area contributed by atoms with Crippen molar-refractivity contribution < 1.29 is 22.3 Å². The lowest BCUT2D eigenvalue weighted by Crippen LogP contribution is -2.24. The number of rotatable bonds is 6. The third-order valence-corrected chi connectivity index (χ3v) is 4.69. The molecule has 0 aliphatic rings. The summed E-state index contributed by atoms with van der Waals surface area (Å²) in [7, 11) is -2.14. The molecule has 0 unspecified atom stereocenters. The molecule has 0 spiro atoms. The first-order valence-corrected chi connectivity index (χ1v) is 8.89. The van der Waals surface area contributed by atoms with E-state index in [9.17, 15) is 12.8 Å². The Morgan fingerprint density at radius 3 is 2.56 bits per heavy atom. The molecule has 2 aromatic rings. The van der Waals surface area contributed by atoms with Gasteiger partial charge in [-0.1, -0.05) is 24.0 Å². The van der Waals surface area contributed by atoms with Gasteiger partial charge in [-0.25, -0.2) is 12.8 Å². The van der Waals surface area contributed by atoms with Crippen LogP contribution in [0.1, 0.15) is 5.56 Å². The van der Waals surface area contributed by atoms with Gasteiger partial charge in [0, 0.05) is 0 Å². The summed E-state index contributed by atoms with van der Waals surface area (Å²) in [5, 5.41) is 0.